The van der Waals surface area contributed by atoms with Gasteiger partial charge in [-0.2, -0.15) is 0 Å². The third-order valence-corrected chi connectivity index (χ3v) is 3.94. The lowest BCUT2D eigenvalue weighted by molar-refractivity contribution is -0.00983. The predicted octanol–water partition coefficient (Wildman–Crippen LogP) is 2.67. The maximum atomic E-state index is 5.57. The highest BCUT2D eigenvalue weighted by Crippen LogP contribution is 2.22. The van der Waals surface area contributed by atoms with Gasteiger partial charge in [-0.05, 0) is 51.9 Å². The van der Waals surface area contributed by atoms with Crippen LogP contribution >= 0.6 is 0 Å². The van der Waals surface area contributed by atoms with Gasteiger partial charge >= 0.3 is 0 Å². The number of ether oxygens (including phenoxy) is 1. The van der Waals surface area contributed by atoms with Crippen LogP contribution < -0.4 is 5.32 Å². The van der Waals surface area contributed by atoms with Crippen molar-refractivity contribution < 1.29 is 4.74 Å². The van der Waals surface area contributed by atoms with Crippen molar-refractivity contribution in [3.05, 3.63) is 35.9 Å². The summed E-state index contributed by atoms with van der Waals surface area (Å²) in [7, 11) is 2.20. The molecule has 0 unspecified atom stereocenters. The Balaban J connectivity index is 1.49. The van der Waals surface area contributed by atoms with Gasteiger partial charge in [0.05, 0.1) is 6.10 Å². The fourth-order valence-electron chi connectivity index (χ4n) is 2.73. The van der Waals surface area contributed by atoms with Crippen molar-refractivity contribution in [3.63, 3.8) is 0 Å². The standard InChI is InChI=1S/C17H28N2O/c1-3-20-17-12-16(13-17)18-10-7-11-19(2)14-15-8-5-4-6-9-15/h4-6,8-9,16-18H,3,7,10-14H2,1-2H3. The fraction of sp³-hybridized carbons (Fsp3) is 0.647. The van der Waals surface area contributed by atoms with Gasteiger partial charge in [0, 0.05) is 19.2 Å². The Morgan fingerprint density at radius 1 is 1.25 bits per heavy atom. The van der Waals surface area contributed by atoms with E-state index < -0.39 is 0 Å². The van der Waals surface area contributed by atoms with Crippen LogP contribution in [0, 0.1) is 0 Å². The normalized spacial score (nSPS) is 21.9. The minimum atomic E-state index is 0.512. The number of hydrogen-bond acceptors (Lipinski definition) is 3. The summed E-state index contributed by atoms with van der Waals surface area (Å²) >= 11 is 0. The second kappa shape index (κ2) is 8.40. The first-order valence-corrected chi connectivity index (χ1v) is 7.85. The maximum absolute atomic E-state index is 5.57. The average Bonchev–Trinajstić information content (AvgIpc) is 2.41. The molecule has 0 aromatic heterocycles. The summed E-state index contributed by atoms with van der Waals surface area (Å²) in [6, 6.07) is 11.4. The maximum Gasteiger partial charge on any atom is 0.0604 e. The summed E-state index contributed by atoms with van der Waals surface area (Å²) in [5.74, 6) is 0. The van der Waals surface area contributed by atoms with E-state index in [0.717, 1.165) is 26.2 Å². The predicted molar refractivity (Wildman–Crippen MR) is 83.8 cm³/mol. The molecule has 1 aromatic carbocycles. The third kappa shape index (κ3) is 5.23. The first-order valence-electron chi connectivity index (χ1n) is 7.85. The van der Waals surface area contributed by atoms with Crippen LogP contribution in [0.4, 0.5) is 0 Å². The van der Waals surface area contributed by atoms with Gasteiger partial charge in [-0.15, -0.1) is 0 Å². The van der Waals surface area contributed by atoms with E-state index in [2.05, 4.69) is 54.5 Å². The van der Waals surface area contributed by atoms with E-state index in [-0.39, 0.29) is 0 Å². The minimum Gasteiger partial charge on any atom is -0.378 e. The Bertz CT molecular complexity index is 363. The first-order chi connectivity index (χ1) is 9.78. The molecule has 3 nitrogen and oxygen atoms in total. The van der Waals surface area contributed by atoms with E-state index in [0.29, 0.717) is 12.1 Å². The van der Waals surface area contributed by atoms with E-state index >= 15 is 0 Å². The summed E-state index contributed by atoms with van der Waals surface area (Å²) in [4.78, 5) is 2.39. The largest absolute Gasteiger partial charge is 0.378 e. The topological polar surface area (TPSA) is 24.5 Å². The molecule has 0 spiro atoms. The SMILES string of the molecule is CCOC1CC(NCCCN(C)Cc2ccccc2)C1. The van der Waals surface area contributed by atoms with E-state index in [1.165, 1.54) is 24.8 Å². The first kappa shape index (κ1) is 15.5. The molecule has 1 aliphatic carbocycles. The number of nitrogens with one attached hydrogen (secondary N) is 1. The molecule has 0 atom stereocenters. The third-order valence-electron chi connectivity index (χ3n) is 3.94. The molecule has 2 rings (SSSR count). The van der Waals surface area contributed by atoms with Crippen LogP contribution in [-0.4, -0.2) is 43.8 Å². The Kier molecular flexibility index (Phi) is 6.51. The van der Waals surface area contributed by atoms with E-state index in [1.54, 1.807) is 0 Å². The molecule has 1 fully saturated rings. The van der Waals surface area contributed by atoms with E-state index in [4.69, 9.17) is 4.74 Å². The lowest BCUT2D eigenvalue weighted by Crippen LogP contribution is -2.46. The van der Waals surface area contributed by atoms with Crippen LogP contribution in [0.1, 0.15) is 31.7 Å². The molecule has 1 N–H and O–H groups in total. The molecule has 0 radical (unpaired) electrons. The van der Waals surface area contributed by atoms with Crippen LogP contribution in [-0.2, 0) is 11.3 Å². The number of hydrogen-bond donors (Lipinski definition) is 1. The molecule has 0 bridgehead atoms. The van der Waals surface area contributed by atoms with Crippen molar-refractivity contribution in [1.82, 2.24) is 10.2 Å². The van der Waals surface area contributed by atoms with Crippen LogP contribution in [0.5, 0.6) is 0 Å². The summed E-state index contributed by atoms with van der Waals surface area (Å²) in [6.07, 6.45) is 4.10. The minimum absolute atomic E-state index is 0.512. The molecule has 3 heteroatoms. The average molecular weight is 276 g/mol. The van der Waals surface area contributed by atoms with Crippen LogP contribution in [0.2, 0.25) is 0 Å². The van der Waals surface area contributed by atoms with Gasteiger partial charge in [0.15, 0.2) is 0 Å². The smallest absolute Gasteiger partial charge is 0.0604 e. The van der Waals surface area contributed by atoms with Gasteiger partial charge in [0.25, 0.3) is 0 Å². The Morgan fingerprint density at radius 2 is 2.00 bits per heavy atom. The molecule has 0 amide bonds. The highest BCUT2D eigenvalue weighted by atomic mass is 16.5. The second-order valence-electron chi connectivity index (χ2n) is 5.78. The van der Waals surface area contributed by atoms with E-state index in [9.17, 15) is 0 Å². The van der Waals surface area contributed by atoms with Crippen molar-refractivity contribution in [2.45, 2.75) is 44.9 Å². The quantitative estimate of drug-likeness (QED) is 0.702. The zero-order valence-electron chi connectivity index (χ0n) is 12.8. The van der Waals surface area contributed by atoms with Gasteiger partial charge < -0.3 is 15.0 Å². The Morgan fingerprint density at radius 3 is 2.70 bits per heavy atom. The van der Waals surface area contributed by atoms with Crippen molar-refractivity contribution in [2.75, 3.05) is 26.7 Å². The molecule has 0 saturated heterocycles. The summed E-state index contributed by atoms with van der Waals surface area (Å²) in [5.41, 5.74) is 1.39. The molecule has 0 heterocycles. The van der Waals surface area contributed by atoms with Crippen molar-refractivity contribution in [2.24, 2.45) is 0 Å². The van der Waals surface area contributed by atoms with Crippen molar-refractivity contribution in [3.8, 4) is 0 Å². The summed E-state index contributed by atoms with van der Waals surface area (Å²) < 4.78 is 5.57. The summed E-state index contributed by atoms with van der Waals surface area (Å²) in [6.45, 7) is 6.22. The summed E-state index contributed by atoms with van der Waals surface area (Å²) in [5, 5.41) is 3.62. The molecule has 1 aliphatic rings. The highest BCUT2D eigenvalue weighted by Gasteiger charge is 2.28. The van der Waals surface area contributed by atoms with E-state index in [1.807, 2.05) is 0 Å². The second-order valence-corrected chi connectivity index (χ2v) is 5.78. The molecule has 1 saturated carbocycles. The molecule has 112 valence electrons. The van der Waals surface area contributed by atoms with Crippen LogP contribution in [0.25, 0.3) is 0 Å². The number of nitrogens with zero attached hydrogens (tertiary/aromatic N) is 1. The van der Waals surface area contributed by atoms with Gasteiger partial charge in [0.1, 0.15) is 0 Å². The monoisotopic (exact) mass is 276 g/mol. The molecule has 20 heavy (non-hydrogen) atoms. The van der Waals surface area contributed by atoms with Gasteiger partial charge in [-0.3, -0.25) is 0 Å². The van der Waals surface area contributed by atoms with Crippen molar-refractivity contribution in [1.29, 1.82) is 0 Å². The van der Waals surface area contributed by atoms with Gasteiger partial charge in [-0.1, -0.05) is 30.3 Å². The van der Waals surface area contributed by atoms with Crippen LogP contribution in [0.3, 0.4) is 0 Å². The lowest BCUT2D eigenvalue weighted by atomic mass is 9.89. The van der Waals surface area contributed by atoms with Crippen LogP contribution in [0.15, 0.2) is 30.3 Å². The molecular formula is C17H28N2O. The number of benzene rings is 1. The Labute approximate surface area is 123 Å². The molecule has 0 aliphatic heterocycles. The van der Waals surface area contributed by atoms with Crippen molar-refractivity contribution >= 4 is 0 Å². The zero-order valence-corrected chi connectivity index (χ0v) is 12.8. The highest BCUT2D eigenvalue weighted by molar-refractivity contribution is 5.14. The van der Waals surface area contributed by atoms with Gasteiger partial charge in [-0.25, -0.2) is 0 Å². The Hall–Kier alpha value is -0.900. The zero-order chi connectivity index (χ0) is 14.2. The lowest BCUT2D eigenvalue weighted by Gasteiger charge is -2.35. The number of rotatable bonds is 9. The van der Waals surface area contributed by atoms with Gasteiger partial charge in [0.2, 0.25) is 0 Å². The molecule has 1 aromatic rings. The fourth-order valence-corrected chi connectivity index (χ4v) is 2.73. The molecular weight excluding hydrogens is 248 g/mol.